The average Bonchev–Trinajstić information content (AvgIpc) is 0.660. The Labute approximate surface area is 597 Å². The lowest BCUT2D eigenvalue weighted by Gasteiger charge is -2.67. The lowest BCUT2D eigenvalue weighted by molar-refractivity contribution is -0.479. The van der Waals surface area contributed by atoms with E-state index in [1.807, 2.05) is 0 Å². The van der Waals surface area contributed by atoms with E-state index in [-0.39, 0.29) is 101 Å². The molecule has 0 N–H and O–H groups in total. The summed E-state index contributed by atoms with van der Waals surface area (Å²) in [6, 6.07) is 0. The third-order valence-corrected chi connectivity index (χ3v) is 24.0. The molecule has 0 spiro atoms. The summed E-state index contributed by atoms with van der Waals surface area (Å²) in [4.78, 5) is 0. The first kappa shape index (κ1) is 96.3. The van der Waals surface area contributed by atoms with Crippen molar-refractivity contribution in [2.75, 3.05) is 65.6 Å². The molecule has 0 atom stereocenters. The number of unbranched alkanes of at least 4 members (excludes halogenated alkanes) is 49. The molecule has 0 bridgehead atoms. The van der Waals surface area contributed by atoms with Crippen LogP contribution in [0.1, 0.15) is 429 Å². The summed E-state index contributed by atoms with van der Waals surface area (Å²) in [6.07, 6.45) is 43.3. The molecule has 0 saturated carbocycles. The smallest absolute Gasteiger partial charge is 0.372 e. The summed E-state index contributed by atoms with van der Waals surface area (Å²) >= 11 is 0. The SMILES string of the molecule is CCCCCCCCCCN(F)C(N(F)CCCCCCCCCC)(N(F)CCCCCCCCCC)C(N(F)CCCCCCCCCC)(N(F)CCCCCCCCCC)C(N(F)CCCCCCCCCC)(N(F)CCCCCCCCCC)[Si](OCC)(OCC)OCC. The second kappa shape index (κ2) is 66.0. The molecule has 0 fully saturated rings. The molecule has 0 saturated heterocycles. The molecule has 0 amide bonds. The Morgan fingerprint density at radius 1 is 0.196 bits per heavy atom. The van der Waals surface area contributed by atoms with Crippen LogP contribution < -0.4 is 0 Å². The monoisotopic (exact) mass is 1420 g/mol. The average molecular weight is 1420 g/mol. The molecular formula is C79H162F7N7O3Si. The molecule has 0 radical (unpaired) electrons. The summed E-state index contributed by atoms with van der Waals surface area (Å²) in [5.74, 6) is -3.95. The van der Waals surface area contributed by atoms with Crippen LogP contribution in [0, 0.1) is 0 Å². The van der Waals surface area contributed by atoms with E-state index in [4.69, 9.17) is 13.3 Å². The second-order valence-electron chi connectivity index (χ2n) is 28.8. The van der Waals surface area contributed by atoms with Gasteiger partial charge in [-0.3, -0.25) is 0 Å². The maximum atomic E-state index is 20.8. The van der Waals surface area contributed by atoms with Crippen LogP contribution in [0.15, 0.2) is 0 Å². The fourth-order valence-corrected chi connectivity index (χ4v) is 18.3. The van der Waals surface area contributed by atoms with Crippen molar-refractivity contribution in [2.45, 2.75) is 446 Å². The van der Waals surface area contributed by atoms with Gasteiger partial charge in [0.15, 0.2) is 0 Å². The summed E-state index contributed by atoms with van der Waals surface area (Å²) < 4.78 is 164. The van der Waals surface area contributed by atoms with Gasteiger partial charge in [0.25, 0.3) is 0 Å². The fourth-order valence-electron chi connectivity index (χ4n) is 14.6. The minimum absolute atomic E-state index is 0.00380. The molecule has 0 aromatic heterocycles. The van der Waals surface area contributed by atoms with E-state index in [1.165, 1.54) is 0 Å². The van der Waals surface area contributed by atoms with Crippen LogP contribution in [-0.2, 0) is 13.3 Å². The molecule has 0 aliphatic carbocycles. The molecule has 0 aliphatic rings. The maximum Gasteiger partial charge on any atom is 0.547 e. The molecule has 18 heteroatoms. The Hall–Kier alpha value is -0.673. The summed E-state index contributed by atoms with van der Waals surface area (Å²) in [6.45, 7) is 14.0. The Morgan fingerprint density at radius 2 is 0.340 bits per heavy atom. The van der Waals surface area contributed by atoms with Gasteiger partial charge in [-0.1, -0.05) is 363 Å². The van der Waals surface area contributed by atoms with E-state index in [2.05, 4.69) is 48.5 Å². The molecule has 0 aromatic carbocycles. The first-order chi connectivity index (χ1) is 47.3. The summed E-state index contributed by atoms with van der Waals surface area (Å²) in [5, 5.41) is -3.79. The number of rotatable bonds is 79. The topological polar surface area (TPSA) is 50.4 Å². The highest BCUT2D eigenvalue weighted by atomic mass is 28.4. The van der Waals surface area contributed by atoms with E-state index >= 15 is 31.4 Å². The van der Waals surface area contributed by atoms with Gasteiger partial charge in [0, 0.05) is 65.6 Å². The van der Waals surface area contributed by atoms with Gasteiger partial charge in [-0.2, -0.15) is 0 Å². The van der Waals surface area contributed by atoms with Gasteiger partial charge in [0.2, 0.25) is 16.7 Å². The predicted octanol–water partition coefficient (Wildman–Crippen LogP) is 26.9. The number of nitrogens with zero attached hydrogens (tertiary/aromatic N) is 7. The largest absolute Gasteiger partial charge is 0.547 e. The predicted molar refractivity (Wildman–Crippen MR) is 402 cm³/mol. The molecular weight excluding hydrogens is 1260 g/mol. The fraction of sp³-hybridized carbons (Fsp3) is 1.00. The normalized spacial score (nSPS) is 13.0. The van der Waals surface area contributed by atoms with Crippen molar-refractivity contribution < 1.29 is 44.6 Å². The van der Waals surface area contributed by atoms with Crippen molar-refractivity contribution in [1.29, 1.82) is 0 Å². The Morgan fingerprint density at radius 3 is 0.505 bits per heavy atom. The van der Waals surface area contributed by atoms with Crippen molar-refractivity contribution in [3.8, 4) is 0 Å². The number of halogens is 7. The van der Waals surface area contributed by atoms with Gasteiger partial charge in [-0.05, 0) is 65.7 Å². The van der Waals surface area contributed by atoms with E-state index in [0.29, 0.717) is 89.9 Å². The van der Waals surface area contributed by atoms with E-state index in [1.54, 1.807) is 20.8 Å². The van der Waals surface area contributed by atoms with Crippen molar-refractivity contribution in [3.63, 3.8) is 0 Å². The van der Waals surface area contributed by atoms with Gasteiger partial charge in [0.1, 0.15) is 0 Å². The molecule has 0 heterocycles. The van der Waals surface area contributed by atoms with E-state index < -0.39 is 71.4 Å². The zero-order valence-electron chi connectivity index (χ0n) is 65.7. The van der Waals surface area contributed by atoms with Gasteiger partial charge < -0.3 is 13.3 Å². The lowest BCUT2D eigenvalue weighted by atomic mass is 9.89. The second-order valence-corrected chi connectivity index (χ2v) is 31.4. The highest BCUT2D eigenvalue weighted by Gasteiger charge is 2.91. The standard InChI is InChI=1S/C79H162F7N7O3Si/c1-11-21-28-35-42-49-56-63-70-87(80)77(88(81)71-64-57-50-43-36-29-22-12-2,79(97(94-18-8,95-19-9)96-20-10,92(85)75-68-61-54-47-40-33-26-16-6)93(86)76-69-62-55-48-41-34-27-17-7)78(89(82)72-65-58-51-44-37-30-23-13-3,90(83)73-66-59-52-45-38-31-24-14-4)91(84)74-67-60-53-46-39-32-25-15-5/h11-76H2,1-10H3. The Balaban J connectivity index is 10.1. The van der Waals surface area contributed by atoms with Crippen molar-refractivity contribution in [1.82, 2.24) is 35.9 Å². The maximum absolute atomic E-state index is 20.8. The van der Waals surface area contributed by atoms with E-state index in [0.717, 1.165) is 225 Å². The minimum Gasteiger partial charge on any atom is -0.372 e. The van der Waals surface area contributed by atoms with Crippen LogP contribution in [0.3, 0.4) is 0 Å². The van der Waals surface area contributed by atoms with Gasteiger partial charge in [0.05, 0.1) is 0 Å². The molecule has 10 nitrogen and oxygen atoms in total. The van der Waals surface area contributed by atoms with E-state index in [9.17, 15) is 0 Å². The zero-order valence-corrected chi connectivity index (χ0v) is 66.7. The lowest BCUT2D eigenvalue weighted by Crippen LogP contribution is -2.98. The van der Waals surface area contributed by atoms with Crippen molar-refractivity contribution >= 4 is 8.80 Å². The Kier molecular flexibility index (Phi) is 65.6. The molecule has 0 aromatic rings. The molecule has 0 unspecified atom stereocenters. The zero-order chi connectivity index (χ0) is 71.8. The highest BCUT2D eigenvalue weighted by Crippen LogP contribution is 2.58. The molecule has 0 rings (SSSR count). The van der Waals surface area contributed by atoms with Crippen LogP contribution in [0.4, 0.5) is 31.4 Å². The first-order valence-electron chi connectivity index (χ1n) is 42.3. The van der Waals surface area contributed by atoms with Crippen LogP contribution in [-0.4, -0.2) is 127 Å². The van der Waals surface area contributed by atoms with Crippen molar-refractivity contribution in [3.05, 3.63) is 0 Å². The first-order valence-corrected chi connectivity index (χ1v) is 44.0. The van der Waals surface area contributed by atoms with Gasteiger partial charge >= 0.3 is 8.80 Å². The summed E-state index contributed by atoms with van der Waals surface area (Å²) in [7, 11) is -5.76. The third-order valence-electron chi connectivity index (χ3n) is 20.3. The minimum atomic E-state index is -5.76. The number of hydrogen-bond donors (Lipinski definition) is 0. The van der Waals surface area contributed by atoms with Gasteiger partial charge in [-0.15, -0.1) is 67.2 Å². The van der Waals surface area contributed by atoms with Crippen LogP contribution in [0.25, 0.3) is 0 Å². The third kappa shape index (κ3) is 36.7. The van der Waals surface area contributed by atoms with Crippen molar-refractivity contribution in [2.24, 2.45) is 0 Å². The molecule has 584 valence electrons. The Bertz CT molecular complexity index is 1510. The number of hydrogen-bond acceptors (Lipinski definition) is 10. The summed E-state index contributed by atoms with van der Waals surface area (Å²) in [5.41, 5.74) is -4.05. The van der Waals surface area contributed by atoms with Gasteiger partial charge in [-0.25, -0.2) is 0 Å². The highest BCUT2D eigenvalue weighted by molar-refractivity contribution is 6.64. The quantitative estimate of drug-likeness (QED) is 0.0194. The van der Waals surface area contributed by atoms with Crippen LogP contribution in [0.2, 0.25) is 0 Å². The van der Waals surface area contributed by atoms with Crippen LogP contribution >= 0.6 is 0 Å². The molecule has 0 aliphatic heterocycles. The molecule has 97 heavy (non-hydrogen) atoms. The van der Waals surface area contributed by atoms with Crippen LogP contribution in [0.5, 0.6) is 0 Å².